The monoisotopic (exact) mass is 370 g/mol. The van der Waals surface area contributed by atoms with Gasteiger partial charge in [0.1, 0.15) is 5.69 Å². The van der Waals surface area contributed by atoms with Crippen LogP contribution < -0.4 is 23.7 Å². The van der Waals surface area contributed by atoms with Crippen LogP contribution in [0.1, 0.15) is 0 Å². The average Bonchev–Trinajstić information content (AvgIpc) is 3.21. The Morgan fingerprint density at radius 2 is 1.41 bits per heavy atom. The fourth-order valence-corrected chi connectivity index (χ4v) is 2.77. The third-order valence-corrected chi connectivity index (χ3v) is 4.07. The fraction of sp³-hybridized carbons (Fsp3) is 0.263. The topological polar surface area (TPSA) is 87.7 Å². The lowest BCUT2D eigenvalue weighted by molar-refractivity contribution is 0.324. The van der Waals surface area contributed by atoms with E-state index in [2.05, 4.69) is 21.5 Å². The number of aromatic amines is 1. The van der Waals surface area contributed by atoms with Crippen LogP contribution in [0.3, 0.4) is 0 Å². The lowest BCUT2D eigenvalue weighted by Gasteiger charge is -2.14. The molecule has 1 N–H and O–H groups in total. The molecule has 0 fully saturated rings. The quantitative estimate of drug-likeness (QED) is 0.684. The standard InChI is InChI=1S/C19H20N3O5/c1-23-13-7-6-11(8-14(13)24-2)17-18(21-22-20-17)12-9-15(25-3)19(27-5)16(10-12)26-4/h6,8-10H,1-5H3,(H,20,21,22). The summed E-state index contributed by atoms with van der Waals surface area (Å²) < 4.78 is 26.8. The van der Waals surface area contributed by atoms with Gasteiger partial charge in [0, 0.05) is 17.2 Å². The Balaban J connectivity index is 2.13. The van der Waals surface area contributed by atoms with Gasteiger partial charge in [-0.3, -0.25) is 5.10 Å². The van der Waals surface area contributed by atoms with Crippen LogP contribution in [0.4, 0.5) is 0 Å². The molecule has 0 saturated carbocycles. The maximum Gasteiger partial charge on any atom is 0.203 e. The summed E-state index contributed by atoms with van der Waals surface area (Å²) in [6, 6.07) is 10.3. The number of ether oxygens (including phenoxy) is 5. The third kappa shape index (κ3) is 3.33. The highest BCUT2D eigenvalue weighted by Gasteiger charge is 2.19. The molecule has 0 spiro atoms. The normalized spacial score (nSPS) is 10.4. The van der Waals surface area contributed by atoms with E-state index in [1.165, 1.54) is 0 Å². The maximum absolute atomic E-state index is 5.42. The molecule has 0 aliphatic rings. The molecule has 0 bridgehead atoms. The molecule has 27 heavy (non-hydrogen) atoms. The minimum atomic E-state index is 0.508. The maximum atomic E-state index is 5.42. The van der Waals surface area contributed by atoms with Gasteiger partial charge in [-0.1, -0.05) is 5.21 Å². The Bertz CT molecular complexity index is 914. The van der Waals surface area contributed by atoms with Crippen molar-refractivity contribution < 1.29 is 23.7 Å². The summed E-state index contributed by atoms with van der Waals surface area (Å²) in [6.45, 7) is 0. The Morgan fingerprint density at radius 3 is 1.96 bits per heavy atom. The molecule has 141 valence electrons. The van der Waals surface area contributed by atoms with Gasteiger partial charge in [0.2, 0.25) is 5.75 Å². The van der Waals surface area contributed by atoms with E-state index in [9.17, 15) is 0 Å². The van der Waals surface area contributed by atoms with Crippen LogP contribution in [-0.4, -0.2) is 51.0 Å². The van der Waals surface area contributed by atoms with Gasteiger partial charge in [0.25, 0.3) is 0 Å². The number of nitrogens with zero attached hydrogens (tertiary/aromatic N) is 2. The van der Waals surface area contributed by atoms with Gasteiger partial charge in [-0.2, -0.15) is 0 Å². The summed E-state index contributed by atoms with van der Waals surface area (Å²) in [6.07, 6.45) is 0. The number of nitrogens with one attached hydrogen (secondary N) is 1. The molecule has 3 aromatic rings. The van der Waals surface area contributed by atoms with E-state index in [1.807, 2.05) is 18.2 Å². The van der Waals surface area contributed by atoms with Crippen molar-refractivity contribution in [1.29, 1.82) is 0 Å². The second-order valence-corrected chi connectivity index (χ2v) is 5.44. The Kier molecular flexibility index (Phi) is 5.35. The lowest BCUT2D eigenvalue weighted by Crippen LogP contribution is -1.96. The zero-order valence-corrected chi connectivity index (χ0v) is 15.7. The highest BCUT2D eigenvalue weighted by molar-refractivity contribution is 5.81. The van der Waals surface area contributed by atoms with Gasteiger partial charge < -0.3 is 23.7 Å². The second kappa shape index (κ2) is 7.86. The van der Waals surface area contributed by atoms with Gasteiger partial charge in [-0.25, -0.2) is 0 Å². The van der Waals surface area contributed by atoms with Crippen LogP contribution in [0.25, 0.3) is 22.5 Å². The van der Waals surface area contributed by atoms with E-state index >= 15 is 0 Å². The number of hydrogen-bond donors (Lipinski definition) is 1. The molecule has 3 rings (SSSR count). The van der Waals surface area contributed by atoms with E-state index in [4.69, 9.17) is 23.7 Å². The van der Waals surface area contributed by atoms with Crippen molar-refractivity contribution in [2.75, 3.05) is 35.5 Å². The first-order valence-electron chi connectivity index (χ1n) is 8.02. The Labute approximate surface area is 157 Å². The molecule has 1 radical (unpaired) electrons. The second-order valence-electron chi connectivity index (χ2n) is 5.44. The molecule has 0 amide bonds. The third-order valence-electron chi connectivity index (χ3n) is 4.07. The van der Waals surface area contributed by atoms with Crippen molar-refractivity contribution in [3.63, 3.8) is 0 Å². The van der Waals surface area contributed by atoms with Crippen molar-refractivity contribution in [3.05, 3.63) is 30.3 Å². The SMILES string of the molecule is COc1[c]cc(-c2[nH]nnc2-c2cc(OC)c(OC)c(OC)c2)cc1OC. The smallest absolute Gasteiger partial charge is 0.203 e. The molecule has 2 aromatic carbocycles. The van der Waals surface area contributed by atoms with E-state index in [1.54, 1.807) is 41.6 Å². The Morgan fingerprint density at radius 1 is 0.778 bits per heavy atom. The largest absolute Gasteiger partial charge is 0.493 e. The zero-order valence-electron chi connectivity index (χ0n) is 15.7. The van der Waals surface area contributed by atoms with Crippen molar-refractivity contribution in [2.24, 2.45) is 0 Å². The number of methoxy groups -OCH3 is 5. The van der Waals surface area contributed by atoms with Gasteiger partial charge in [0.05, 0.1) is 41.2 Å². The van der Waals surface area contributed by atoms with Crippen molar-refractivity contribution in [3.8, 4) is 51.3 Å². The predicted molar refractivity (Wildman–Crippen MR) is 98.9 cm³/mol. The van der Waals surface area contributed by atoms with Crippen LogP contribution >= 0.6 is 0 Å². The molecule has 8 heteroatoms. The average molecular weight is 370 g/mol. The Hall–Kier alpha value is -3.42. The van der Waals surface area contributed by atoms with Gasteiger partial charge >= 0.3 is 0 Å². The van der Waals surface area contributed by atoms with E-state index in [0.29, 0.717) is 40.1 Å². The minimum Gasteiger partial charge on any atom is -0.493 e. The van der Waals surface area contributed by atoms with Gasteiger partial charge in [0.15, 0.2) is 23.0 Å². The van der Waals surface area contributed by atoms with Crippen LogP contribution in [0, 0.1) is 6.07 Å². The first-order chi connectivity index (χ1) is 13.2. The molecular formula is C19H20N3O5. The fourth-order valence-electron chi connectivity index (χ4n) is 2.77. The van der Waals surface area contributed by atoms with Gasteiger partial charge in [-0.05, 0) is 24.3 Å². The van der Waals surface area contributed by atoms with Crippen molar-refractivity contribution >= 4 is 0 Å². The summed E-state index contributed by atoms with van der Waals surface area (Å²) in [7, 11) is 7.82. The highest BCUT2D eigenvalue weighted by Crippen LogP contribution is 2.42. The molecule has 0 aliphatic heterocycles. The summed E-state index contributed by atoms with van der Waals surface area (Å²) in [5.74, 6) is 2.64. The van der Waals surface area contributed by atoms with Crippen LogP contribution in [0.15, 0.2) is 24.3 Å². The van der Waals surface area contributed by atoms with E-state index in [-0.39, 0.29) is 0 Å². The number of H-pyrrole nitrogens is 1. The minimum absolute atomic E-state index is 0.508. The zero-order chi connectivity index (χ0) is 19.4. The highest BCUT2D eigenvalue weighted by atomic mass is 16.5. The molecule has 0 saturated heterocycles. The number of rotatable bonds is 7. The molecular weight excluding hydrogens is 350 g/mol. The molecule has 1 aromatic heterocycles. The van der Waals surface area contributed by atoms with E-state index in [0.717, 1.165) is 11.1 Å². The summed E-state index contributed by atoms with van der Waals surface area (Å²) in [5, 5.41) is 11.1. The molecule has 0 atom stereocenters. The van der Waals surface area contributed by atoms with E-state index < -0.39 is 0 Å². The number of benzene rings is 2. The first-order valence-corrected chi connectivity index (χ1v) is 8.02. The number of hydrogen-bond acceptors (Lipinski definition) is 7. The lowest BCUT2D eigenvalue weighted by atomic mass is 10.0. The summed E-state index contributed by atoms with van der Waals surface area (Å²) in [4.78, 5) is 0. The van der Waals surface area contributed by atoms with Crippen molar-refractivity contribution in [1.82, 2.24) is 15.4 Å². The predicted octanol–water partition coefficient (Wildman–Crippen LogP) is 2.98. The summed E-state index contributed by atoms with van der Waals surface area (Å²) in [5.41, 5.74) is 2.86. The molecule has 8 nitrogen and oxygen atoms in total. The number of aromatic nitrogens is 3. The van der Waals surface area contributed by atoms with Crippen LogP contribution in [0.2, 0.25) is 0 Å². The molecule has 0 aliphatic carbocycles. The summed E-state index contributed by atoms with van der Waals surface area (Å²) >= 11 is 0. The van der Waals surface area contributed by atoms with Gasteiger partial charge in [-0.15, -0.1) is 5.10 Å². The molecule has 1 heterocycles. The molecule has 0 unspecified atom stereocenters. The van der Waals surface area contributed by atoms with Crippen molar-refractivity contribution in [2.45, 2.75) is 0 Å². The van der Waals surface area contributed by atoms with Crippen LogP contribution in [-0.2, 0) is 0 Å². The first kappa shape index (κ1) is 18.4. The van der Waals surface area contributed by atoms with Crippen LogP contribution in [0.5, 0.6) is 28.7 Å².